The van der Waals surface area contributed by atoms with Crippen LogP contribution in [0.2, 0.25) is 5.02 Å². The highest BCUT2D eigenvalue weighted by Crippen LogP contribution is 2.47. The lowest BCUT2D eigenvalue weighted by atomic mass is 10.0. The third-order valence-electron chi connectivity index (χ3n) is 3.82. The van der Waals surface area contributed by atoms with Crippen LogP contribution in [-0.4, -0.2) is 34.3 Å². The summed E-state index contributed by atoms with van der Waals surface area (Å²) in [7, 11) is 0. The van der Waals surface area contributed by atoms with Crippen molar-refractivity contribution in [1.29, 1.82) is 0 Å². The highest BCUT2D eigenvalue weighted by molar-refractivity contribution is 6.33. The topological polar surface area (TPSA) is 71.9 Å². The number of aromatic nitrogens is 1. The minimum absolute atomic E-state index is 0.122. The van der Waals surface area contributed by atoms with E-state index in [2.05, 4.69) is 4.98 Å². The van der Waals surface area contributed by atoms with E-state index < -0.39 is 6.61 Å². The molecule has 4 rings (SSSR count). The van der Waals surface area contributed by atoms with E-state index in [4.69, 9.17) is 26.2 Å². The summed E-state index contributed by atoms with van der Waals surface area (Å²) in [6, 6.07) is 1.74. The molecule has 7 heteroatoms. The summed E-state index contributed by atoms with van der Waals surface area (Å²) in [5, 5.41) is 10.3. The minimum atomic E-state index is -0.497. The van der Waals surface area contributed by atoms with Gasteiger partial charge < -0.3 is 19.5 Å². The van der Waals surface area contributed by atoms with Gasteiger partial charge in [-0.1, -0.05) is 11.6 Å². The molecule has 0 spiro atoms. The van der Waals surface area contributed by atoms with Crippen molar-refractivity contribution in [3.8, 4) is 11.5 Å². The van der Waals surface area contributed by atoms with Gasteiger partial charge in [-0.15, -0.1) is 0 Å². The van der Waals surface area contributed by atoms with Gasteiger partial charge in [0.15, 0.2) is 11.5 Å². The van der Waals surface area contributed by atoms with Gasteiger partial charge >= 0.3 is 0 Å². The molecule has 0 aliphatic carbocycles. The molecule has 0 atom stereocenters. The molecule has 6 nitrogen and oxygen atoms in total. The number of ether oxygens (including phenoxy) is 2. The summed E-state index contributed by atoms with van der Waals surface area (Å²) >= 11 is 6.16. The number of hydrogen-bond donors (Lipinski definition) is 1. The van der Waals surface area contributed by atoms with Gasteiger partial charge in [-0.25, -0.2) is 0 Å². The number of benzene rings is 1. The summed E-state index contributed by atoms with van der Waals surface area (Å²) < 4.78 is 10.9. The number of carbonyl (C=O) groups is 1. The average Bonchev–Trinajstić information content (AvgIpc) is 3.12. The quantitative estimate of drug-likeness (QED) is 0.863. The molecule has 2 aromatic rings. The predicted octanol–water partition coefficient (Wildman–Crippen LogP) is 1.45. The maximum absolute atomic E-state index is 11.7. The van der Waals surface area contributed by atoms with Gasteiger partial charge in [0.2, 0.25) is 12.7 Å². The monoisotopic (exact) mass is 306 g/mol. The number of rotatable bonds is 1. The van der Waals surface area contributed by atoms with Gasteiger partial charge in [-0.05, 0) is 17.2 Å². The van der Waals surface area contributed by atoms with Gasteiger partial charge in [0.25, 0.3) is 0 Å². The maximum atomic E-state index is 11.7. The van der Waals surface area contributed by atoms with Crippen LogP contribution in [0.3, 0.4) is 0 Å². The van der Waals surface area contributed by atoms with E-state index in [1.165, 1.54) is 0 Å². The van der Waals surface area contributed by atoms with Gasteiger partial charge in [-0.3, -0.25) is 9.78 Å². The fourth-order valence-electron chi connectivity index (χ4n) is 2.84. The van der Waals surface area contributed by atoms with Crippen molar-refractivity contribution in [2.24, 2.45) is 0 Å². The second-order valence-electron chi connectivity index (χ2n) is 4.99. The lowest BCUT2D eigenvalue weighted by Gasteiger charge is -2.13. The highest BCUT2D eigenvalue weighted by atomic mass is 35.5. The SMILES string of the molecule is O=C(CO)N1Cc2cnc3cc(Cl)c4c(c3c2C1)OCO4. The molecule has 0 saturated heterocycles. The lowest BCUT2D eigenvalue weighted by Crippen LogP contribution is -2.27. The first-order chi connectivity index (χ1) is 10.2. The zero-order valence-corrected chi connectivity index (χ0v) is 11.7. The lowest BCUT2D eigenvalue weighted by molar-refractivity contribution is -0.134. The molecule has 2 aliphatic heterocycles. The number of aliphatic hydroxyl groups is 1. The van der Waals surface area contributed by atoms with Crippen molar-refractivity contribution in [2.75, 3.05) is 13.4 Å². The van der Waals surface area contributed by atoms with Crippen LogP contribution in [0.25, 0.3) is 10.9 Å². The van der Waals surface area contributed by atoms with Gasteiger partial charge in [0.1, 0.15) is 6.61 Å². The van der Waals surface area contributed by atoms with Crippen LogP contribution in [0.4, 0.5) is 0 Å². The molecule has 0 fully saturated rings. The highest BCUT2D eigenvalue weighted by Gasteiger charge is 2.30. The number of amides is 1. The van der Waals surface area contributed by atoms with Gasteiger partial charge in [0.05, 0.1) is 15.9 Å². The van der Waals surface area contributed by atoms with E-state index >= 15 is 0 Å². The summed E-state index contributed by atoms with van der Waals surface area (Å²) in [5.74, 6) is 0.800. The fraction of sp³-hybridized carbons (Fsp3) is 0.286. The first-order valence-electron chi connectivity index (χ1n) is 6.46. The van der Waals surface area contributed by atoms with Crippen molar-refractivity contribution in [1.82, 2.24) is 9.88 Å². The molecule has 0 bridgehead atoms. The molecule has 0 unspecified atom stereocenters. The van der Waals surface area contributed by atoms with Crippen LogP contribution in [0.15, 0.2) is 12.3 Å². The van der Waals surface area contributed by atoms with E-state index in [1.54, 1.807) is 17.2 Å². The first-order valence-corrected chi connectivity index (χ1v) is 6.84. The molecule has 1 N–H and O–H groups in total. The Labute approximate surface area is 124 Å². The molecular weight excluding hydrogens is 296 g/mol. The Morgan fingerprint density at radius 2 is 2.19 bits per heavy atom. The molecule has 108 valence electrons. The van der Waals surface area contributed by atoms with Crippen molar-refractivity contribution in [3.63, 3.8) is 0 Å². The van der Waals surface area contributed by atoms with E-state index in [9.17, 15) is 4.79 Å². The standard InChI is InChI=1S/C14H11ClN2O4/c15-9-1-10-12(14-13(9)20-6-21-14)8-4-17(11(19)5-18)3-7(8)2-16-10/h1-2,18H,3-6H2. The second-order valence-corrected chi connectivity index (χ2v) is 5.39. The first kappa shape index (κ1) is 12.7. The van der Waals surface area contributed by atoms with Crippen LogP contribution in [-0.2, 0) is 17.9 Å². The molecule has 0 radical (unpaired) electrons. The number of fused-ring (bicyclic) bond motifs is 5. The third-order valence-corrected chi connectivity index (χ3v) is 4.10. The fourth-order valence-corrected chi connectivity index (χ4v) is 3.08. The van der Waals surface area contributed by atoms with E-state index in [0.717, 1.165) is 16.5 Å². The van der Waals surface area contributed by atoms with Crippen LogP contribution >= 0.6 is 11.6 Å². The Morgan fingerprint density at radius 3 is 3.00 bits per heavy atom. The summed E-state index contributed by atoms with van der Waals surface area (Å²) in [5.41, 5.74) is 2.63. The summed E-state index contributed by atoms with van der Waals surface area (Å²) in [6.45, 7) is 0.487. The third kappa shape index (κ3) is 1.76. The smallest absolute Gasteiger partial charge is 0.248 e. The Hall–Kier alpha value is -2.05. The molecule has 2 aliphatic rings. The molecule has 1 aromatic carbocycles. The maximum Gasteiger partial charge on any atom is 0.248 e. The van der Waals surface area contributed by atoms with E-state index in [1.807, 2.05) is 0 Å². The predicted molar refractivity (Wildman–Crippen MR) is 74.2 cm³/mol. The van der Waals surface area contributed by atoms with E-state index in [-0.39, 0.29) is 12.7 Å². The normalized spacial score (nSPS) is 15.6. The van der Waals surface area contributed by atoms with Crippen molar-refractivity contribution in [3.05, 3.63) is 28.4 Å². The number of carbonyl (C=O) groups excluding carboxylic acids is 1. The van der Waals surface area contributed by atoms with Gasteiger partial charge in [-0.2, -0.15) is 0 Å². The number of halogens is 1. The second kappa shape index (κ2) is 4.47. The number of hydrogen-bond acceptors (Lipinski definition) is 5. The van der Waals surface area contributed by atoms with Crippen LogP contribution in [0.1, 0.15) is 11.1 Å². The average molecular weight is 307 g/mol. The van der Waals surface area contributed by atoms with Crippen molar-refractivity contribution in [2.45, 2.75) is 13.1 Å². The number of aliphatic hydroxyl groups excluding tert-OH is 1. The molecule has 3 heterocycles. The Bertz CT molecular complexity index is 777. The molecule has 1 aromatic heterocycles. The summed E-state index contributed by atoms with van der Waals surface area (Å²) in [6.07, 6.45) is 1.74. The molecule has 1 amide bonds. The summed E-state index contributed by atoms with van der Waals surface area (Å²) in [4.78, 5) is 17.7. The Balaban J connectivity index is 1.92. The number of pyridine rings is 1. The molecule has 0 saturated carbocycles. The molecule has 21 heavy (non-hydrogen) atoms. The van der Waals surface area contributed by atoms with Crippen molar-refractivity contribution < 1.29 is 19.4 Å². The minimum Gasteiger partial charge on any atom is -0.453 e. The van der Waals surface area contributed by atoms with Crippen LogP contribution in [0, 0.1) is 0 Å². The Morgan fingerprint density at radius 1 is 1.38 bits per heavy atom. The van der Waals surface area contributed by atoms with Crippen molar-refractivity contribution >= 4 is 28.4 Å². The number of nitrogens with zero attached hydrogens (tertiary/aromatic N) is 2. The molecular formula is C14H11ClN2O4. The zero-order valence-electron chi connectivity index (χ0n) is 10.9. The van der Waals surface area contributed by atoms with Gasteiger partial charge in [0, 0.05) is 19.3 Å². The van der Waals surface area contributed by atoms with Crippen LogP contribution < -0.4 is 9.47 Å². The largest absolute Gasteiger partial charge is 0.453 e. The Kier molecular flexibility index (Phi) is 2.70. The van der Waals surface area contributed by atoms with Crippen LogP contribution in [0.5, 0.6) is 11.5 Å². The zero-order chi connectivity index (χ0) is 14.6. The van der Waals surface area contributed by atoms with E-state index in [0.29, 0.717) is 35.1 Å².